The Morgan fingerprint density at radius 2 is 1.96 bits per heavy atom. The highest BCUT2D eigenvalue weighted by Gasteiger charge is 2.16. The maximum absolute atomic E-state index is 12.8. The number of fused-ring (bicyclic) bond motifs is 3. The largest absolute Gasteiger partial charge is 0.372 e. The molecule has 0 spiro atoms. The summed E-state index contributed by atoms with van der Waals surface area (Å²) in [4.78, 5) is 26.4. The lowest BCUT2D eigenvalue weighted by Gasteiger charge is -2.05. The molecule has 0 atom stereocenters. The molecule has 0 aliphatic carbocycles. The van der Waals surface area contributed by atoms with E-state index in [9.17, 15) is 4.79 Å². The third kappa shape index (κ3) is 2.16. The summed E-state index contributed by atoms with van der Waals surface area (Å²) in [5.74, 6) is 0.664. The van der Waals surface area contributed by atoms with Gasteiger partial charge in [-0.1, -0.05) is 11.6 Å². The predicted molar refractivity (Wildman–Crippen MR) is 92.9 cm³/mol. The smallest absolute Gasteiger partial charge is 0.275 e. The second-order valence-corrected chi connectivity index (χ2v) is 6.26. The van der Waals surface area contributed by atoms with Crippen LogP contribution in [0.3, 0.4) is 0 Å². The van der Waals surface area contributed by atoms with Crippen LogP contribution in [-0.4, -0.2) is 26.6 Å². The van der Waals surface area contributed by atoms with Crippen LogP contribution in [0.2, 0.25) is 5.02 Å². The fourth-order valence-electron chi connectivity index (χ4n) is 2.44. The third-order valence-electron chi connectivity index (χ3n) is 3.52. The SMILES string of the molecule is CNc1ncnc2sc3c(=O)n(-c4ccc(Cl)cc4)cnc3c12. The Bertz CT molecular complexity index is 1090. The van der Waals surface area contributed by atoms with Crippen molar-refractivity contribution >= 4 is 49.2 Å². The Kier molecular flexibility index (Phi) is 3.24. The molecule has 1 aromatic carbocycles. The maximum Gasteiger partial charge on any atom is 0.275 e. The second kappa shape index (κ2) is 5.29. The molecule has 4 aromatic rings. The van der Waals surface area contributed by atoms with Crippen molar-refractivity contribution in [2.75, 3.05) is 12.4 Å². The number of nitrogens with zero attached hydrogens (tertiary/aromatic N) is 4. The average Bonchev–Trinajstić information content (AvgIpc) is 2.96. The molecule has 23 heavy (non-hydrogen) atoms. The molecule has 0 amide bonds. The van der Waals surface area contributed by atoms with E-state index in [0.717, 1.165) is 10.2 Å². The summed E-state index contributed by atoms with van der Waals surface area (Å²) in [7, 11) is 1.78. The topological polar surface area (TPSA) is 72.7 Å². The van der Waals surface area contributed by atoms with E-state index in [4.69, 9.17) is 11.6 Å². The van der Waals surface area contributed by atoms with Gasteiger partial charge in [0.2, 0.25) is 0 Å². The van der Waals surface area contributed by atoms with Crippen molar-refractivity contribution in [3.8, 4) is 5.69 Å². The summed E-state index contributed by atoms with van der Waals surface area (Å²) < 4.78 is 2.05. The molecule has 4 rings (SSSR count). The van der Waals surface area contributed by atoms with Gasteiger partial charge in [-0.25, -0.2) is 15.0 Å². The number of hydrogen-bond acceptors (Lipinski definition) is 6. The van der Waals surface area contributed by atoms with E-state index in [1.165, 1.54) is 28.6 Å². The highest BCUT2D eigenvalue weighted by molar-refractivity contribution is 7.25. The van der Waals surface area contributed by atoms with Crippen LogP contribution >= 0.6 is 22.9 Å². The van der Waals surface area contributed by atoms with Crippen molar-refractivity contribution in [2.45, 2.75) is 0 Å². The van der Waals surface area contributed by atoms with Gasteiger partial charge >= 0.3 is 0 Å². The van der Waals surface area contributed by atoms with Crippen LogP contribution in [0, 0.1) is 0 Å². The quantitative estimate of drug-likeness (QED) is 0.605. The Morgan fingerprint density at radius 1 is 1.17 bits per heavy atom. The van der Waals surface area contributed by atoms with Crippen LogP contribution in [0.25, 0.3) is 26.1 Å². The van der Waals surface area contributed by atoms with Gasteiger partial charge in [-0.05, 0) is 24.3 Å². The Balaban J connectivity index is 2.04. The number of nitrogens with one attached hydrogen (secondary N) is 1. The molecule has 0 bridgehead atoms. The lowest BCUT2D eigenvalue weighted by Crippen LogP contribution is -2.17. The summed E-state index contributed by atoms with van der Waals surface area (Å²) in [6, 6.07) is 7.04. The minimum absolute atomic E-state index is 0.137. The molecule has 3 heterocycles. The number of rotatable bonds is 2. The number of hydrogen-bond donors (Lipinski definition) is 1. The number of anilines is 1. The molecule has 0 saturated heterocycles. The fraction of sp³-hybridized carbons (Fsp3) is 0.0667. The molecule has 0 aliphatic heterocycles. The van der Waals surface area contributed by atoms with Crippen LogP contribution in [-0.2, 0) is 0 Å². The van der Waals surface area contributed by atoms with Gasteiger partial charge in [0.1, 0.15) is 33.5 Å². The zero-order valence-corrected chi connectivity index (χ0v) is 13.5. The van der Waals surface area contributed by atoms with Crippen molar-refractivity contribution in [1.29, 1.82) is 0 Å². The summed E-state index contributed by atoms with van der Waals surface area (Å²) in [6.07, 6.45) is 2.99. The van der Waals surface area contributed by atoms with Crippen LogP contribution < -0.4 is 10.9 Å². The van der Waals surface area contributed by atoms with Crippen molar-refractivity contribution < 1.29 is 0 Å². The normalized spacial score (nSPS) is 11.2. The summed E-state index contributed by atoms with van der Waals surface area (Å²) >= 11 is 7.21. The fourth-order valence-corrected chi connectivity index (χ4v) is 3.59. The van der Waals surface area contributed by atoms with Gasteiger partial charge in [-0.15, -0.1) is 11.3 Å². The van der Waals surface area contributed by atoms with E-state index in [1.54, 1.807) is 31.3 Å². The van der Waals surface area contributed by atoms with Gasteiger partial charge in [0.25, 0.3) is 5.56 Å². The standard InChI is InChI=1S/C15H10ClN5OS/c1-17-13-10-11-12(23-14(10)19-6-18-13)15(22)21(7-20-11)9-4-2-8(16)3-5-9/h2-7H,1H3,(H,17,18,19). The summed E-state index contributed by atoms with van der Waals surface area (Å²) in [5, 5.41) is 4.40. The molecule has 6 nitrogen and oxygen atoms in total. The molecule has 8 heteroatoms. The molecule has 0 saturated carbocycles. The molecule has 1 N–H and O–H groups in total. The zero-order valence-electron chi connectivity index (χ0n) is 11.9. The molecule has 0 unspecified atom stereocenters. The molecular formula is C15H10ClN5OS. The van der Waals surface area contributed by atoms with Crippen molar-refractivity contribution in [3.05, 3.63) is 52.3 Å². The number of aromatic nitrogens is 4. The van der Waals surface area contributed by atoms with Gasteiger partial charge in [0, 0.05) is 12.1 Å². The van der Waals surface area contributed by atoms with E-state index in [0.29, 0.717) is 26.7 Å². The first-order chi connectivity index (χ1) is 11.2. The predicted octanol–water partition coefficient (Wildman–Crippen LogP) is 3.09. The van der Waals surface area contributed by atoms with Gasteiger partial charge in [0.15, 0.2) is 0 Å². The number of thiophene rings is 1. The molecular weight excluding hydrogens is 334 g/mol. The van der Waals surface area contributed by atoms with Gasteiger partial charge in [0.05, 0.1) is 11.1 Å². The summed E-state index contributed by atoms with van der Waals surface area (Å²) in [6.45, 7) is 0. The number of halogens is 1. The van der Waals surface area contributed by atoms with Gasteiger partial charge in [-0.3, -0.25) is 9.36 Å². The van der Waals surface area contributed by atoms with E-state index >= 15 is 0 Å². The first kappa shape index (κ1) is 14.1. The number of benzene rings is 1. The van der Waals surface area contributed by atoms with Crippen molar-refractivity contribution in [1.82, 2.24) is 19.5 Å². The lowest BCUT2D eigenvalue weighted by molar-refractivity contribution is 0.967. The van der Waals surface area contributed by atoms with E-state index < -0.39 is 0 Å². The first-order valence-corrected chi connectivity index (χ1v) is 7.97. The summed E-state index contributed by atoms with van der Waals surface area (Å²) in [5.41, 5.74) is 1.19. The van der Waals surface area contributed by atoms with Crippen LogP contribution in [0.15, 0.2) is 41.7 Å². The molecule has 114 valence electrons. The monoisotopic (exact) mass is 343 g/mol. The van der Waals surface area contributed by atoms with Crippen LogP contribution in [0.4, 0.5) is 5.82 Å². The minimum atomic E-state index is -0.137. The highest BCUT2D eigenvalue weighted by Crippen LogP contribution is 2.32. The first-order valence-electron chi connectivity index (χ1n) is 6.77. The molecule has 0 fully saturated rings. The minimum Gasteiger partial charge on any atom is -0.372 e. The van der Waals surface area contributed by atoms with Crippen molar-refractivity contribution in [3.63, 3.8) is 0 Å². The van der Waals surface area contributed by atoms with Crippen LogP contribution in [0.5, 0.6) is 0 Å². The van der Waals surface area contributed by atoms with Crippen molar-refractivity contribution in [2.24, 2.45) is 0 Å². The van der Waals surface area contributed by atoms with Gasteiger partial charge < -0.3 is 5.32 Å². The Labute approximate surface area is 139 Å². The Hall–Kier alpha value is -2.51. The van der Waals surface area contributed by atoms with Crippen LogP contribution in [0.1, 0.15) is 0 Å². The van der Waals surface area contributed by atoms with E-state index in [1.807, 2.05) is 0 Å². The molecule has 0 radical (unpaired) electrons. The lowest BCUT2D eigenvalue weighted by atomic mass is 10.3. The third-order valence-corrected chi connectivity index (χ3v) is 4.85. The maximum atomic E-state index is 12.8. The highest BCUT2D eigenvalue weighted by atomic mass is 35.5. The van der Waals surface area contributed by atoms with Gasteiger partial charge in [-0.2, -0.15) is 0 Å². The Morgan fingerprint density at radius 3 is 2.70 bits per heavy atom. The van der Waals surface area contributed by atoms with E-state index in [-0.39, 0.29) is 5.56 Å². The molecule has 0 aliphatic rings. The zero-order chi connectivity index (χ0) is 16.0. The average molecular weight is 344 g/mol. The van der Waals surface area contributed by atoms with E-state index in [2.05, 4.69) is 20.3 Å². The second-order valence-electron chi connectivity index (χ2n) is 4.83. The molecule has 3 aromatic heterocycles.